The molecule has 122 valence electrons. The van der Waals surface area contributed by atoms with Gasteiger partial charge in [-0.1, -0.05) is 6.42 Å². The minimum atomic E-state index is 0.592. The van der Waals surface area contributed by atoms with E-state index in [-0.39, 0.29) is 0 Å². The molecule has 2 N–H and O–H groups in total. The summed E-state index contributed by atoms with van der Waals surface area (Å²) in [6, 6.07) is 0.676. The van der Waals surface area contributed by atoms with E-state index in [2.05, 4.69) is 10.6 Å². The van der Waals surface area contributed by atoms with Crippen LogP contribution in [-0.4, -0.2) is 17.7 Å². The predicted octanol–water partition coefficient (Wildman–Crippen LogP) is 3.86. The smallest absolute Gasteiger partial charge is 0.166 e. The predicted molar refractivity (Wildman–Crippen MR) is 93.6 cm³/mol. The Kier molecular flexibility index (Phi) is 3.26. The molecular weight excluding hydrogens is 288 g/mol. The molecule has 0 aromatic heterocycles. The second-order valence-electron chi connectivity index (χ2n) is 9.53. The van der Waals surface area contributed by atoms with Gasteiger partial charge in [-0.05, 0) is 105 Å². The highest BCUT2D eigenvalue weighted by Gasteiger charge is 2.50. The van der Waals surface area contributed by atoms with Crippen LogP contribution in [0.3, 0.4) is 0 Å². The summed E-state index contributed by atoms with van der Waals surface area (Å²) < 4.78 is 0. The van der Waals surface area contributed by atoms with E-state index in [4.69, 9.17) is 12.2 Å². The van der Waals surface area contributed by atoms with E-state index < -0.39 is 0 Å². The van der Waals surface area contributed by atoms with Crippen LogP contribution in [-0.2, 0) is 0 Å². The van der Waals surface area contributed by atoms with Crippen molar-refractivity contribution < 1.29 is 0 Å². The summed E-state index contributed by atoms with van der Waals surface area (Å²) in [7, 11) is 0. The average Bonchev–Trinajstić information content (AvgIpc) is 3.06. The van der Waals surface area contributed by atoms with Gasteiger partial charge in [-0.2, -0.15) is 0 Å². The Labute approximate surface area is 140 Å². The van der Waals surface area contributed by atoms with Gasteiger partial charge in [-0.3, -0.25) is 0 Å². The SMILES string of the molecule is S=C(NCC12CC3CC(CC(C3)C1)C2)N[C@H]1C[C@H]2CC[C@@H]1C2. The number of hydrogen-bond donors (Lipinski definition) is 2. The van der Waals surface area contributed by atoms with E-state index in [1.165, 1.54) is 64.2 Å². The maximum Gasteiger partial charge on any atom is 0.166 e. The van der Waals surface area contributed by atoms with Gasteiger partial charge < -0.3 is 10.6 Å². The topological polar surface area (TPSA) is 24.1 Å². The summed E-state index contributed by atoms with van der Waals surface area (Å²) >= 11 is 5.64. The molecule has 0 radical (unpaired) electrons. The van der Waals surface area contributed by atoms with E-state index in [0.717, 1.165) is 41.2 Å². The van der Waals surface area contributed by atoms with Crippen LogP contribution in [0.4, 0.5) is 0 Å². The standard InChI is InChI=1S/C19H30N2S/c22-18(21-17-7-12-1-2-16(17)6-12)20-11-19-8-13-3-14(9-19)5-15(4-13)10-19/h12-17H,1-11H2,(H2,20,21,22)/t12-,13?,14?,15?,16+,17-,19?/m0/s1. The van der Waals surface area contributed by atoms with Gasteiger partial charge in [-0.15, -0.1) is 0 Å². The molecule has 0 unspecified atom stereocenters. The maximum absolute atomic E-state index is 5.64. The van der Waals surface area contributed by atoms with Crippen LogP contribution in [0.25, 0.3) is 0 Å². The molecule has 0 saturated heterocycles. The molecule has 0 aromatic rings. The maximum atomic E-state index is 5.64. The molecular formula is C19H30N2S. The van der Waals surface area contributed by atoms with E-state index in [9.17, 15) is 0 Å². The molecule has 6 aliphatic carbocycles. The molecule has 2 nitrogen and oxygen atoms in total. The second-order valence-corrected chi connectivity index (χ2v) is 9.93. The van der Waals surface area contributed by atoms with Gasteiger partial charge in [0.15, 0.2) is 5.11 Å². The monoisotopic (exact) mass is 318 g/mol. The Balaban J connectivity index is 1.16. The van der Waals surface area contributed by atoms with Crippen molar-refractivity contribution in [2.75, 3.05) is 6.54 Å². The molecule has 6 bridgehead atoms. The Morgan fingerprint density at radius 2 is 1.55 bits per heavy atom. The molecule has 3 heteroatoms. The van der Waals surface area contributed by atoms with Crippen LogP contribution in [0, 0.1) is 35.0 Å². The van der Waals surface area contributed by atoms with Crippen LogP contribution >= 0.6 is 12.2 Å². The summed E-state index contributed by atoms with van der Waals surface area (Å²) in [5, 5.41) is 8.26. The fraction of sp³-hybridized carbons (Fsp3) is 0.947. The van der Waals surface area contributed by atoms with Crippen LogP contribution in [0.2, 0.25) is 0 Å². The first kappa shape index (κ1) is 14.1. The van der Waals surface area contributed by atoms with E-state index in [1.54, 1.807) is 0 Å². The minimum Gasteiger partial charge on any atom is -0.362 e. The highest BCUT2D eigenvalue weighted by atomic mass is 32.1. The van der Waals surface area contributed by atoms with E-state index in [0.29, 0.717) is 11.5 Å². The lowest BCUT2D eigenvalue weighted by Crippen LogP contribution is -2.53. The van der Waals surface area contributed by atoms with Crippen LogP contribution in [0.5, 0.6) is 0 Å². The van der Waals surface area contributed by atoms with Crippen LogP contribution in [0.1, 0.15) is 64.2 Å². The average molecular weight is 319 g/mol. The summed E-state index contributed by atoms with van der Waals surface area (Å²) in [6.07, 6.45) is 14.7. The largest absolute Gasteiger partial charge is 0.362 e. The summed E-state index contributed by atoms with van der Waals surface area (Å²) in [4.78, 5) is 0. The highest BCUT2D eigenvalue weighted by Crippen LogP contribution is 2.59. The van der Waals surface area contributed by atoms with E-state index in [1.807, 2.05) is 0 Å². The second kappa shape index (κ2) is 5.09. The molecule has 22 heavy (non-hydrogen) atoms. The van der Waals surface area contributed by atoms with Crippen molar-refractivity contribution in [3.63, 3.8) is 0 Å². The van der Waals surface area contributed by atoms with Gasteiger partial charge in [0.05, 0.1) is 0 Å². The lowest BCUT2D eigenvalue weighted by Gasteiger charge is -2.57. The normalized spacial score (nSPS) is 51.3. The first-order valence-corrected chi connectivity index (χ1v) is 10.1. The quantitative estimate of drug-likeness (QED) is 0.773. The van der Waals surface area contributed by atoms with Gasteiger partial charge in [0, 0.05) is 12.6 Å². The zero-order chi connectivity index (χ0) is 14.7. The van der Waals surface area contributed by atoms with Crippen molar-refractivity contribution in [2.24, 2.45) is 35.0 Å². The molecule has 0 amide bonds. The third-order valence-corrected chi connectivity index (χ3v) is 8.11. The molecule has 0 aromatic carbocycles. The first-order valence-electron chi connectivity index (χ1n) is 9.72. The number of thiocarbonyl (C=S) groups is 1. The van der Waals surface area contributed by atoms with Gasteiger partial charge in [-0.25, -0.2) is 0 Å². The lowest BCUT2D eigenvalue weighted by molar-refractivity contribution is -0.0491. The summed E-state index contributed by atoms with van der Waals surface area (Å²) in [6.45, 7) is 1.14. The van der Waals surface area contributed by atoms with Gasteiger partial charge in [0.25, 0.3) is 0 Å². The van der Waals surface area contributed by atoms with E-state index >= 15 is 0 Å². The highest BCUT2D eigenvalue weighted by molar-refractivity contribution is 7.80. The van der Waals surface area contributed by atoms with Gasteiger partial charge in [0.2, 0.25) is 0 Å². The van der Waals surface area contributed by atoms with Gasteiger partial charge >= 0.3 is 0 Å². The molecule has 6 fully saturated rings. The summed E-state index contributed by atoms with van der Waals surface area (Å²) in [5.41, 5.74) is 0.592. The fourth-order valence-electron chi connectivity index (χ4n) is 7.42. The Bertz CT molecular complexity index is 439. The molecule has 3 atom stereocenters. The first-order chi connectivity index (χ1) is 10.7. The van der Waals surface area contributed by atoms with Crippen molar-refractivity contribution in [2.45, 2.75) is 70.3 Å². The van der Waals surface area contributed by atoms with Crippen molar-refractivity contribution in [1.29, 1.82) is 0 Å². The van der Waals surface area contributed by atoms with Gasteiger partial charge in [0.1, 0.15) is 0 Å². The molecule has 0 spiro atoms. The molecule has 6 aliphatic rings. The number of nitrogens with one attached hydrogen (secondary N) is 2. The third-order valence-electron chi connectivity index (χ3n) is 7.84. The Hall–Kier alpha value is -0.310. The Morgan fingerprint density at radius 3 is 2.09 bits per heavy atom. The molecule has 6 rings (SSSR count). The number of fused-ring (bicyclic) bond motifs is 2. The number of hydrogen-bond acceptors (Lipinski definition) is 1. The molecule has 6 saturated carbocycles. The van der Waals surface area contributed by atoms with Crippen LogP contribution < -0.4 is 10.6 Å². The van der Waals surface area contributed by atoms with Crippen LogP contribution in [0.15, 0.2) is 0 Å². The molecule has 0 aliphatic heterocycles. The third kappa shape index (κ3) is 2.39. The van der Waals surface area contributed by atoms with Crippen molar-refractivity contribution in [3.8, 4) is 0 Å². The minimum absolute atomic E-state index is 0.592. The van der Waals surface area contributed by atoms with Crippen molar-refractivity contribution >= 4 is 17.3 Å². The Morgan fingerprint density at radius 1 is 0.864 bits per heavy atom. The zero-order valence-electron chi connectivity index (χ0n) is 13.7. The fourth-order valence-corrected chi connectivity index (χ4v) is 7.64. The summed E-state index contributed by atoms with van der Waals surface area (Å²) in [5.74, 6) is 5.03. The number of rotatable bonds is 3. The molecule has 0 heterocycles. The van der Waals surface area contributed by atoms with Crippen molar-refractivity contribution in [1.82, 2.24) is 10.6 Å². The zero-order valence-corrected chi connectivity index (χ0v) is 14.5. The lowest BCUT2D eigenvalue weighted by atomic mass is 9.49. The van der Waals surface area contributed by atoms with Crippen molar-refractivity contribution in [3.05, 3.63) is 0 Å².